The molecule has 2 heterocycles. The molecule has 102 valence electrons. The largest absolute Gasteiger partial charge is 0.301 e. The summed E-state index contributed by atoms with van der Waals surface area (Å²) in [6.45, 7) is 4.35. The van der Waals surface area contributed by atoms with E-state index >= 15 is 0 Å². The maximum Gasteiger partial charge on any atom is 0.116 e. The van der Waals surface area contributed by atoms with Gasteiger partial charge in [-0.3, -0.25) is 0 Å². The minimum Gasteiger partial charge on any atom is -0.301 e. The van der Waals surface area contributed by atoms with Crippen LogP contribution in [0.1, 0.15) is 54.0 Å². The lowest BCUT2D eigenvalue weighted by atomic mass is 10.0. The van der Waals surface area contributed by atoms with E-state index in [0.717, 1.165) is 12.1 Å². The standard InChI is InChI=1S/C14H19N3S2/c1-9(2)16-13(11-7-18-8-15-11)14-17-10-5-3-4-6-12(10)19-14/h7-9,13,16H,3-6H2,1-2H3. The van der Waals surface area contributed by atoms with Crippen molar-refractivity contribution in [1.82, 2.24) is 15.3 Å². The molecule has 5 heteroatoms. The number of hydrogen-bond acceptors (Lipinski definition) is 5. The van der Waals surface area contributed by atoms with Crippen molar-refractivity contribution in [3.8, 4) is 0 Å². The molecule has 1 unspecified atom stereocenters. The average molecular weight is 293 g/mol. The Balaban J connectivity index is 1.92. The average Bonchev–Trinajstić information content (AvgIpc) is 3.04. The van der Waals surface area contributed by atoms with Crippen LogP contribution in [-0.4, -0.2) is 16.0 Å². The number of fused-ring (bicyclic) bond motifs is 1. The van der Waals surface area contributed by atoms with Crippen molar-refractivity contribution >= 4 is 22.7 Å². The molecule has 2 aromatic heterocycles. The fourth-order valence-corrected chi connectivity index (χ4v) is 4.28. The number of rotatable bonds is 4. The van der Waals surface area contributed by atoms with Crippen LogP contribution in [0.5, 0.6) is 0 Å². The van der Waals surface area contributed by atoms with Gasteiger partial charge in [-0.15, -0.1) is 22.7 Å². The first kappa shape index (κ1) is 13.2. The first-order valence-electron chi connectivity index (χ1n) is 6.86. The van der Waals surface area contributed by atoms with Gasteiger partial charge in [0, 0.05) is 16.3 Å². The van der Waals surface area contributed by atoms with Crippen LogP contribution in [0.15, 0.2) is 10.9 Å². The van der Waals surface area contributed by atoms with Gasteiger partial charge in [0.2, 0.25) is 0 Å². The normalized spacial score (nSPS) is 16.6. The van der Waals surface area contributed by atoms with Gasteiger partial charge in [0.15, 0.2) is 0 Å². The lowest BCUT2D eigenvalue weighted by Gasteiger charge is -2.17. The third kappa shape index (κ3) is 2.88. The molecule has 0 aromatic carbocycles. The minimum atomic E-state index is 0.154. The zero-order valence-corrected chi connectivity index (χ0v) is 13.0. The molecule has 0 aliphatic heterocycles. The molecular weight excluding hydrogens is 274 g/mol. The lowest BCUT2D eigenvalue weighted by Crippen LogP contribution is -2.29. The number of hydrogen-bond donors (Lipinski definition) is 1. The van der Waals surface area contributed by atoms with Crippen LogP contribution in [0.3, 0.4) is 0 Å². The third-order valence-electron chi connectivity index (χ3n) is 3.36. The maximum absolute atomic E-state index is 4.88. The Bertz CT molecular complexity index is 507. The number of aryl methyl sites for hydroxylation is 2. The van der Waals surface area contributed by atoms with Gasteiger partial charge in [-0.05, 0) is 39.5 Å². The summed E-state index contributed by atoms with van der Waals surface area (Å²) in [6, 6.07) is 0.578. The van der Waals surface area contributed by atoms with Crippen molar-refractivity contribution in [2.24, 2.45) is 0 Å². The van der Waals surface area contributed by atoms with E-state index in [1.807, 2.05) is 16.8 Å². The molecule has 0 radical (unpaired) electrons. The van der Waals surface area contributed by atoms with Crippen LogP contribution in [0.2, 0.25) is 0 Å². The van der Waals surface area contributed by atoms with Crippen molar-refractivity contribution in [3.63, 3.8) is 0 Å². The molecule has 0 amide bonds. The van der Waals surface area contributed by atoms with E-state index in [1.165, 1.54) is 34.8 Å². The predicted octanol–water partition coefficient (Wildman–Crippen LogP) is 3.57. The Morgan fingerprint density at radius 1 is 1.26 bits per heavy atom. The zero-order valence-electron chi connectivity index (χ0n) is 11.3. The molecule has 0 spiro atoms. The van der Waals surface area contributed by atoms with Gasteiger partial charge >= 0.3 is 0 Å². The predicted molar refractivity (Wildman–Crippen MR) is 81.0 cm³/mol. The SMILES string of the molecule is CC(C)NC(c1cscn1)c1nc2c(s1)CCCC2. The second-order valence-electron chi connectivity index (χ2n) is 5.30. The quantitative estimate of drug-likeness (QED) is 0.936. The lowest BCUT2D eigenvalue weighted by molar-refractivity contribution is 0.519. The molecule has 0 fully saturated rings. The molecule has 1 atom stereocenters. The molecule has 19 heavy (non-hydrogen) atoms. The Morgan fingerprint density at radius 2 is 2.11 bits per heavy atom. The van der Waals surface area contributed by atoms with Crippen LogP contribution >= 0.6 is 22.7 Å². The van der Waals surface area contributed by atoms with Gasteiger partial charge < -0.3 is 5.32 Å². The summed E-state index contributed by atoms with van der Waals surface area (Å²) >= 11 is 3.52. The molecular formula is C14H19N3S2. The van der Waals surface area contributed by atoms with Crippen molar-refractivity contribution in [2.75, 3.05) is 0 Å². The summed E-state index contributed by atoms with van der Waals surface area (Å²) in [5, 5.41) is 6.91. The molecule has 3 nitrogen and oxygen atoms in total. The Morgan fingerprint density at radius 3 is 2.79 bits per heavy atom. The van der Waals surface area contributed by atoms with Gasteiger partial charge in [-0.2, -0.15) is 0 Å². The highest BCUT2D eigenvalue weighted by Gasteiger charge is 2.23. The van der Waals surface area contributed by atoms with E-state index in [-0.39, 0.29) is 6.04 Å². The summed E-state index contributed by atoms with van der Waals surface area (Å²) in [6.07, 6.45) is 4.96. The molecule has 2 aromatic rings. The fraction of sp³-hybridized carbons (Fsp3) is 0.571. The first-order chi connectivity index (χ1) is 9.24. The Hall–Kier alpha value is -0.780. The van der Waals surface area contributed by atoms with Crippen molar-refractivity contribution < 1.29 is 0 Å². The summed E-state index contributed by atoms with van der Waals surface area (Å²) in [7, 11) is 0. The fourth-order valence-electron chi connectivity index (χ4n) is 2.48. The van der Waals surface area contributed by atoms with Gasteiger partial charge in [0.1, 0.15) is 11.0 Å². The first-order valence-corrected chi connectivity index (χ1v) is 8.62. The van der Waals surface area contributed by atoms with E-state index in [9.17, 15) is 0 Å². The van der Waals surface area contributed by atoms with Crippen molar-refractivity contribution in [3.05, 3.63) is 32.2 Å². The summed E-state index contributed by atoms with van der Waals surface area (Å²) in [5.41, 5.74) is 4.33. The van der Waals surface area contributed by atoms with E-state index in [1.54, 1.807) is 11.3 Å². The van der Waals surface area contributed by atoms with Crippen LogP contribution in [-0.2, 0) is 12.8 Å². The summed E-state index contributed by atoms with van der Waals surface area (Å²) < 4.78 is 0. The maximum atomic E-state index is 4.88. The summed E-state index contributed by atoms with van der Waals surface area (Å²) in [4.78, 5) is 10.8. The Kier molecular flexibility index (Phi) is 3.96. The number of thiazole rings is 2. The van der Waals surface area contributed by atoms with Crippen molar-refractivity contribution in [1.29, 1.82) is 0 Å². The second-order valence-corrected chi connectivity index (χ2v) is 7.13. The molecule has 3 rings (SSSR count). The smallest absolute Gasteiger partial charge is 0.116 e. The van der Waals surface area contributed by atoms with Gasteiger partial charge in [-0.25, -0.2) is 9.97 Å². The zero-order chi connectivity index (χ0) is 13.2. The Labute approximate surface area is 122 Å². The van der Waals surface area contributed by atoms with E-state index < -0.39 is 0 Å². The van der Waals surface area contributed by atoms with Gasteiger partial charge in [0.05, 0.1) is 16.9 Å². The van der Waals surface area contributed by atoms with Crippen LogP contribution in [0.25, 0.3) is 0 Å². The van der Waals surface area contributed by atoms with Gasteiger partial charge in [0.25, 0.3) is 0 Å². The third-order valence-corrected chi connectivity index (χ3v) is 5.18. The van der Waals surface area contributed by atoms with Crippen LogP contribution in [0.4, 0.5) is 0 Å². The van der Waals surface area contributed by atoms with Crippen LogP contribution in [0, 0.1) is 0 Å². The molecule has 0 saturated carbocycles. The van der Waals surface area contributed by atoms with Crippen LogP contribution < -0.4 is 5.32 Å². The van der Waals surface area contributed by atoms with E-state index in [0.29, 0.717) is 6.04 Å². The van der Waals surface area contributed by atoms with Gasteiger partial charge in [-0.1, -0.05) is 0 Å². The number of nitrogens with zero attached hydrogens (tertiary/aromatic N) is 2. The number of nitrogens with one attached hydrogen (secondary N) is 1. The highest BCUT2D eigenvalue weighted by atomic mass is 32.1. The highest BCUT2D eigenvalue weighted by molar-refractivity contribution is 7.12. The summed E-state index contributed by atoms with van der Waals surface area (Å²) in [5.74, 6) is 0. The molecule has 0 saturated heterocycles. The number of aromatic nitrogens is 2. The van der Waals surface area contributed by atoms with E-state index in [2.05, 4.69) is 29.5 Å². The topological polar surface area (TPSA) is 37.8 Å². The van der Waals surface area contributed by atoms with E-state index in [4.69, 9.17) is 4.98 Å². The highest BCUT2D eigenvalue weighted by Crippen LogP contribution is 2.32. The molecule has 0 bridgehead atoms. The molecule has 1 aliphatic carbocycles. The molecule has 1 N–H and O–H groups in total. The molecule has 1 aliphatic rings. The monoisotopic (exact) mass is 293 g/mol. The minimum absolute atomic E-state index is 0.154. The van der Waals surface area contributed by atoms with Crippen molar-refractivity contribution in [2.45, 2.75) is 51.6 Å². The second kappa shape index (κ2) is 5.69.